The minimum Gasteiger partial charge on any atom is -0.353 e. The SMILES string of the molecule is CC1(C)CC(NC(=O)CC2CCCN2)CC(C)(C)N1. The molecule has 0 aromatic carbocycles. The number of amides is 1. The molecule has 2 heterocycles. The van der Waals surface area contributed by atoms with Crippen LogP contribution in [0.15, 0.2) is 0 Å². The van der Waals surface area contributed by atoms with E-state index in [1.807, 2.05) is 0 Å². The Morgan fingerprint density at radius 3 is 2.37 bits per heavy atom. The Morgan fingerprint density at radius 1 is 1.21 bits per heavy atom. The normalized spacial score (nSPS) is 30.2. The molecule has 0 aromatic rings. The van der Waals surface area contributed by atoms with Gasteiger partial charge in [0.2, 0.25) is 5.91 Å². The summed E-state index contributed by atoms with van der Waals surface area (Å²) in [4.78, 5) is 12.1. The fourth-order valence-corrected chi connectivity index (χ4v) is 3.87. The minimum atomic E-state index is 0.0886. The maximum Gasteiger partial charge on any atom is 0.221 e. The van der Waals surface area contributed by atoms with Crippen molar-refractivity contribution in [2.75, 3.05) is 6.54 Å². The van der Waals surface area contributed by atoms with E-state index in [2.05, 4.69) is 43.6 Å². The fraction of sp³-hybridized carbons (Fsp3) is 0.933. The number of hydrogen-bond donors (Lipinski definition) is 3. The van der Waals surface area contributed by atoms with E-state index in [-0.39, 0.29) is 17.0 Å². The van der Waals surface area contributed by atoms with Gasteiger partial charge in [-0.2, -0.15) is 0 Å². The van der Waals surface area contributed by atoms with Crippen molar-refractivity contribution >= 4 is 5.91 Å². The molecule has 2 aliphatic heterocycles. The van der Waals surface area contributed by atoms with E-state index in [1.165, 1.54) is 6.42 Å². The lowest BCUT2D eigenvalue weighted by Crippen LogP contribution is -2.62. The fourth-order valence-electron chi connectivity index (χ4n) is 3.87. The average molecular weight is 267 g/mol. The molecular weight excluding hydrogens is 238 g/mol. The lowest BCUT2D eigenvalue weighted by Gasteiger charge is -2.46. The second-order valence-electron chi connectivity index (χ2n) is 7.56. The molecule has 2 fully saturated rings. The van der Waals surface area contributed by atoms with Gasteiger partial charge in [0, 0.05) is 29.6 Å². The molecule has 0 bridgehead atoms. The number of hydrogen-bond acceptors (Lipinski definition) is 3. The molecule has 4 nitrogen and oxygen atoms in total. The van der Waals surface area contributed by atoms with Crippen LogP contribution < -0.4 is 16.0 Å². The van der Waals surface area contributed by atoms with Gasteiger partial charge in [-0.05, 0) is 59.9 Å². The van der Waals surface area contributed by atoms with Gasteiger partial charge in [-0.1, -0.05) is 0 Å². The van der Waals surface area contributed by atoms with Crippen LogP contribution in [0, 0.1) is 0 Å². The van der Waals surface area contributed by atoms with Gasteiger partial charge >= 0.3 is 0 Å². The van der Waals surface area contributed by atoms with Crippen LogP contribution >= 0.6 is 0 Å². The maximum absolute atomic E-state index is 12.1. The van der Waals surface area contributed by atoms with Gasteiger partial charge < -0.3 is 16.0 Å². The van der Waals surface area contributed by atoms with Crippen molar-refractivity contribution in [2.45, 2.75) is 83.0 Å². The Hall–Kier alpha value is -0.610. The molecule has 1 unspecified atom stereocenters. The van der Waals surface area contributed by atoms with Crippen molar-refractivity contribution < 1.29 is 4.79 Å². The molecule has 2 saturated heterocycles. The van der Waals surface area contributed by atoms with Gasteiger partial charge in [0.15, 0.2) is 0 Å². The third-order valence-corrected chi connectivity index (χ3v) is 4.15. The lowest BCUT2D eigenvalue weighted by atomic mass is 9.79. The standard InChI is InChI=1S/C15H29N3O/c1-14(2)9-12(10-15(3,4)18-14)17-13(19)8-11-6-5-7-16-11/h11-12,16,18H,5-10H2,1-4H3,(H,17,19). The predicted octanol–water partition coefficient (Wildman–Crippen LogP) is 1.55. The number of carbonyl (C=O) groups excluding carboxylic acids is 1. The first-order chi connectivity index (χ1) is 8.76. The molecule has 4 heteroatoms. The first-order valence-electron chi connectivity index (χ1n) is 7.58. The first-order valence-corrected chi connectivity index (χ1v) is 7.58. The van der Waals surface area contributed by atoms with Crippen molar-refractivity contribution in [1.29, 1.82) is 0 Å². The van der Waals surface area contributed by atoms with E-state index >= 15 is 0 Å². The molecule has 110 valence electrons. The van der Waals surface area contributed by atoms with Crippen molar-refractivity contribution in [2.24, 2.45) is 0 Å². The highest BCUT2D eigenvalue weighted by molar-refractivity contribution is 5.77. The molecule has 0 saturated carbocycles. The molecule has 19 heavy (non-hydrogen) atoms. The van der Waals surface area contributed by atoms with Crippen LogP contribution in [0.25, 0.3) is 0 Å². The Balaban J connectivity index is 1.85. The smallest absolute Gasteiger partial charge is 0.221 e. The molecule has 0 aliphatic carbocycles. The Bertz CT molecular complexity index is 316. The molecule has 0 spiro atoms. The van der Waals surface area contributed by atoms with E-state index in [0.29, 0.717) is 18.5 Å². The predicted molar refractivity (Wildman–Crippen MR) is 78.1 cm³/mol. The minimum absolute atomic E-state index is 0.0886. The summed E-state index contributed by atoms with van der Waals surface area (Å²) >= 11 is 0. The number of carbonyl (C=O) groups is 1. The summed E-state index contributed by atoms with van der Waals surface area (Å²) in [5.41, 5.74) is 0.177. The summed E-state index contributed by atoms with van der Waals surface area (Å²) in [5, 5.41) is 10.3. The zero-order valence-corrected chi connectivity index (χ0v) is 12.8. The number of nitrogens with one attached hydrogen (secondary N) is 3. The van der Waals surface area contributed by atoms with Gasteiger partial charge in [0.1, 0.15) is 0 Å². The van der Waals surface area contributed by atoms with Crippen molar-refractivity contribution in [3.63, 3.8) is 0 Å². The van der Waals surface area contributed by atoms with E-state index in [0.717, 1.165) is 25.8 Å². The second-order valence-corrected chi connectivity index (χ2v) is 7.56. The summed E-state index contributed by atoms with van der Waals surface area (Å²) in [5.74, 6) is 0.206. The highest BCUT2D eigenvalue weighted by Gasteiger charge is 2.38. The lowest BCUT2D eigenvalue weighted by molar-refractivity contribution is -0.122. The number of piperidine rings is 1. The summed E-state index contributed by atoms with van der Waals surface area (Å²) in [7, 11) is 0. The topological polar surface area (TPSA) is 53.2 Å². The van der Waals surface area contributed by atoms with Crippen molar-refractivity contribution in [1.82, 2.24) is 16.0 Å². The van der Waals surface area contributed by atoms with Crippen LogP contribution in [0.2, 0.25) is 0 Å². The van der Waals surface area contributed by atoms with E-state index < -0.39 is 0 Å². The quantitative estimate of drug-likeness (QED) is 0.727. The van der Waals surface area contributed by atoms with Crippen molar-refractivity contribution in [3.8, 4) is 0 Å². The molecule has 2 aliphatic rings. The average Bonchev–Trinajstić information content (AvgIpc) is 2.63. The van der Waals surface area contributed by atoms with Crippen molar-refractivity contribution in [3.05, 3.63) is 0 Å². The largest absolute Gasteiger partial charge is 0.353 e. The van der Waals surface area contributed by atoms with Gasteiger partial charge in [-0.15, -0.1) is 0 Å². The zero-order chi connectivity index (χ0) is 14.1. The van der Waals surface area contributed by atoms with Gasteiger partial charge in [0.25, 0.3) is 0 Å². The Labute approximate surface area is 117 Å². The van der Waals surface area contributed by atoms with Crippen LogP contribution in [0.5, 0.6) is 0 Å². The summed E-state index contributed by atoms with van der Waals surface area (Å²) in [6.45, 7) is 9.92. The number of rotatable bonds is 3. The summed E-state index contributed by atoms with van der Waals surface area (Å²) in [6.07, 6.45) is 4.97. The van der Waals surface area contributed by atoms with Gasteiger partial charge in [-0.25, -0.2) is 0 Å². The Morgan fingerprint density at radius 2 is 1.84 bits per heavy atom. The summed E-state index contributed by atoms with van der Waals surface area (Å²) < 4.78 is 0. The highest BCUT2D eigenvalue weighted by atomic mass is 16.1. The summed E-state index contributed by atoms with van der Waals surface area (Å²) in [6, 6.07) is 0.683. The van der Waals surface area contributed by atoms with Crippen LogP contribution in [-0.2, 0) is 4.79 Å². The molecule has 0 radical (unpaired) electrons. The van der Waals surface area contributed by atoms with Crippen LogP contribution in [-0.4, -0.2) is 35.6 Å². The first kappa shape index (κ1) is 14.8. The van der Waals surface area contributed by atoms with Gasteiger partial charge in [-0.3, -0.25) is 4.79 Å². The maximum atomic E-state index is 12.1. The van der Waals surface area contributed by atoms with Crippen LogP contribution in [0.1, 0.15) is 59.8 Å². The van der Waals surface area contributed by atoms with E-state index in [1.54, 1.807) is 0 Å². The molecule has 0 aromatic heterocycles. The van der Waals surface area contributed by atoms with Gasteiger partial charge in [0.05, 0.1) is 0 Å². The third-order valence-electron chi connectivity index (χ3n) is 4.15. The molecule has 1 amide bonds. The third kappa shape index (κ3) is 4.46. The molecule has 1 atom stereocenters. The van der Waals surface area contributed by atoms with Crippen LogP contribution in [0.3, 0.4) is 0 Å². The van der Waals surface area contributed by atoms with E-state index in [4.69, 9.17) is 0 Å². The van der Waals surface area contributed by atoms with E-state index in [9.17, 15) is 4.79 Å². The zero-order valence-electron chi connectivity index (χ0n) is 12.8. The highest BCUT2D eigenvalue weighted by Crippen LogP contribution is 2.28. The second kappa shape index (κ2) is 5.41. The monoisotopic (exact) mass is 267 g/mol. The molecular formula is C15H29N3O. The Kier molecular flexibility index (Phi) is 4.21. The molecule has 2 rings (SSSR count). The molecule has 3 N–H and O–H groups in total. The van der Waals surface area contributed by atoms with Crippen LogP contribution in [0.4, 0.5) is 0 Å².